The molecule has 0 amide bonds. The second kappa shape index (κ2) is 5.19. The summed E-state index contributed by atoms with van der Waals surface area (Å²) in [7, 11) is 0. The molecule has 0 spiro atoms. The van der Waals surface area contributed by atoms with Crippen LogP contribution in [0.15, 0.2) is 22.9 Å². The van der Waals surface area contributed by atoms with Gasteiger partial charge in [-0.3, -0.25) is 0 Å². The van der Waals surface area contributed by atoms with Gasteiger partial charge in [0.15, 0.2) is 11.5 Å². The minimum Gasteiger partial charge on any atom is -0.397 e. The largest absolute Gasteiger partial charge is 0.397 e. The molecule has 1 atom stereocenters. The van der Waals surface area contributed by atoms with Crippen LogP contribution in [-0.4, -0.2) is 32.4 Å². The molecule has 1 fully saturated rings. The number of nitrogens with two attached hydrogens (primary N) is 1. The first-order chi connectivity index (χ1) is 8.84. The van der Waals surface area contributed by atoms with E-state index in [2.05, 4.69) is 15.1 Å². The lowest BCUT2D eigenvalue weighted by molar-refractivity contribution is 0.422. The number of rotatable bonds is 2. The minimum absolute atomic E-state index is 0.311. The Morgan fingerprint density at radius 1 is 1.39 bits per heavy atom. The fraction of sp³-hybridized carbons (Fsp3) is 0.364. The Morgan fingerprint density at radius 3 is 3.11 bits per heavy atom. The van der Waals surface area contributed by atoms with Crippen molar-refractivity contribution in [3.8, 4) is 11.6 Å². The zero-order valence-corrected chi connectivity index (χ0v) is 11.2. The van der Waals surface area contributed by atoms with E-state index in [9.17, 15) is 0 Å². The molecule has 1 saturated heterocycles. The highest BCUT2D eigenvalue weighted by atomic mass is 32.2. The van der Waals surface area contributed by atoms with Crippen LogP contribution in [0.4, 0.5) is 5.69 Å². The van der Waals surface area contributed by atoms with Crippen LogP contribution in [-0.2, 0) is 0 Å². The van der Waals surface area contributed by atoms with E-state index in [0.29, 0.717) is 22.5 Å². The van der Waals surface area contributed by atoms with E-state index in [1.165, 1.54) is 5.75 Å². The summed E-state index contributed by atoms with van der Waals surface area (Å²) in [5.74, 6) is 4.50. The molecular weight excluding hydrogens is 268 g/mol. The molecule has 2 N–H and O–H groups in total. The van der Waals surface area contributed by atoms with Gasteiger partial charge in [0.25, 0.3) is 5.89 Å². The maximum atomic E-state index is 5.84. The van der Waals surface area contributed by atoms with Crippen LogP contribution in [0.5, 0.6) is 0 Å². The molecule has 0 radical (unpaired) electrons. The summed E-state index contributed by atoms with van der Waals surface area (Å²) < 4.78 is 5.26. The molecule has 1 unspecified atom stereocenters. The Bertz CT molecular complexity index is 539. The van der Waals surface area contributed by atoms with Crippen molar-refractivity contribution in [3.05, 3.63) is 24.2 Å². The van der Waals surface area contributed by atoms with Crippen LogP contribution in [0.1, 0.15) is 11.1 Å². The van der Waals surface area contributed by atoms with Crippen molar-refractivity contribution >= 4 is 29.2 Å². The number of nitrogen functional groups attached to an aromatic ring is 1. The molecule has 0 aliphatic carbocycles. The van der Waals surface area contributed by atoms with Gasteiger partial charge in [-0.2, -0.15) is 16.7 Å². The molecule has 2 aromatic rings. The topological polar surface area (TPSA) is 77.8 Å². The number of nitrogens with zero attached hydrogens (tertiary/aromatic N) is 3. The predicted molar refractivity (Wildman–Crippen MR) is 74.5 cm³/mol. The van der Waals surface area contributed by atoms with Crippen molar-refractivity contribution in [1.82, 2.24) is 15.1 Å². The fourth-order valence-electron chi connectivity index (χ4n) is 1.70. The highest BCUT2D eigenvalue weighted by molar-refractivity contribution is 8.06. The summed E-state index contributed by atoms with van der Waals surface area (Å²) in [5, 5.41) is 4.35. The Kier molecular flexibility index (Phi) is 3.42. The molecule has 0 saturated carbocycles. The van der Waals surface area contributed by atoms with E-state index in [1.807, 2.05) is 23.5 Å². The number of hydrogen-bond donors (Lipinski definition) is 1. The predicted octanol–water partition coefficient (Wildman–Crippen LogP) is 2.23. The average Bonchev–Trinajstić information content (AvgIpc) is 2.90. The first-order valence-electron chi connectivity index (χ1n) is 5.58. The van der Waals surface area contributed by atoms with Crippen molar-refractivity contribution < 1.29 is 4.52 Å². The van der Waals surface area contributed by atoms with E-state index >= 15 is 0 Å². The third kappa shape index (κ3) is 2.32. The van der Waals surface area contributed by atoms with Crippen LogP contribution in [0.2, 0.25) is 0 Å². The van der Waals surface area contributed by atoms with Gasteiger partial charge in [0.05, 0.1) is 10.9 Å². The average molecular weight is 280 g/mol. The molecule has 7 heteroatoms. The van der Waals surface area contributed by atoms with Gasteiger partial charge >= 0.3 is 0 Å². The summed E-state index contributed by atoms with van der Waals surface area (Å²) >= 11 is 3.79. The van der Waals surface area contributed by atoms with E-state index in [4.69, 9.17) is 10.3 Å². The van der Waals surface area contributed by atoms with Crippen molar-refractivity contribution in [3.63, 3.8) is 0 Å². The van der Waals surface area contributed by atoms with Gasteiger partial charge in [-0.15, -0.1) is 11.8 Å². The molecule has 0 bridgehead atoms. The van der Waals surface area contributed by atoms with Crippen LogP contribution in [0, 0.1) is 0 Å². The number of aromatic nitrogens is 3. The van der Waals surface area contributed by atoms with Gasteiger partial charge in [-0.25, -0.2) is 4.98 Å². The Balaban J connectivity index is 1.87. The second-order valence-corrected chi connectivity index (χ2v) is 6.29. The molecule has 0 aromatic carbocycles. The van der Waals surface area contributed by atoms with Crippen molar-refractivity contribution in [2.75, 3.05) is 23.0 Å². The van der Waals surface area contributed by atoms with Gasteiger partial charge in [0.1, 0.15) is 0 Å². The van der Waals surface area contributed by atoms with Crippen molar-refractivity contribution in [1.29, 1.82) is 0 Å². The Hall–Kier alpha value is -1.21. The number of hydrogen-bond acceptors (Lipinski definition) is 7. The number of pyridine rings is 1. The number of anilines is 1. The van der Waals surface area contributed by atoms with E-state index in [-0.39, 0.29) is 0 Å². The third-order valence-corrected chi connectivity index (χ3v) is 5.34. The molecule has 3 heterocycles. The van der Waals surface area contributed by atoms with Gasteiger partial charge in [0.2, 0.25) is 0 Å². The van der Waals surface area contributed by atoms with Gasteiger partial charge < -0.3 is 10.3 Å². The Labute approximate surface area is 113 Å². The molecule has 1 aliphatic rings. The molecule has 18 heavy (non-hydrogen) atoms. The molecule has 5 nitrogen and oxygen atoms in total. The lowest BCUT2D eigenvalue weighted by Crippen LogP contribution is -2.07. The van der Waals surface area contributed by atoms with Gasteiger partial charge in [-0.05, 0) is 12.1 Å². The van der Waals surface area contributed by atoms with E-state index in [1.54, 1.807) is 18.3 Å². The number of thioether (sulfide) groups is 2. The standard InChI is InChI=1S/C11H12N4OS2/c12-7-2-1-3-13-9(7)11-14-10(15-16-11)8-6-17-4-5-18-8/h1-3,8H,4-6,12H2. The lowest BCUT2D eigenvalue weighted by Gasteiger charge is -2.16. The summed E-state index contributed by atoms with van der Waals surface area (Å²) in [6.07, 6.45) is 1.67. The van der Waals surface area contributed by atoms with Crippen LogP contribution in [0.3, 0.4) is 0 Å². The zero-order valence-electron chi connectivity index (χ0n) is 9.57. The van der Waals surface area contributed by atoms with Crippen LogP contribution in [0.25, 0.3) is 11.6 Å². The van der Waals surface area contributed by atoms with Crippen LogP contribution < -0.4 is 5.73 Å². The van der Waals surface area contributed by atoms with Crippen molar-refractivity contribution in [2.24, 2.45) is 0 Å². The van der Waals surface area contributed by atoms with Gasteiger partial charge in [-0.1, -0.05) is 5.16 Å². The monoisotopic (exact) mass is 280 g/mol. The van der Waals surface area contributed by atoms with Crippen molar-refractivity contribution in [2.45, 2.75) is 5.25 Å². The zero-order chi connectivity index (χ0) is 12.4. The second-order valence-electron chi connectivity index (χ2n) is 3.83. The first kappa shape index (κ1) is 11.9. The summed E-state index contributed by atoms with van der Waals surface area (Å²) in [4.78, 5) is 8.58. The molecule has 94 valence electrons. The SMILES string of the molecule is Nc1cccnc1-c1nc(C2CSCCS2)no1. The van der Waals surface area contributed by atoms with Gasteiger partial charge in [0, 0.05) is 23.5 Å². The highest BCUT2D eigenvalue weighted by Crippen LogP contribution is 2.36. The maximum absolute atomic E-state index is 5.84. The summed E-state index contributed by atoms with van der Waals surface area (Å²) in [6, 6.07) is 3.56. The van der Waals surface area contributed by atoms with Crippen LogP contribution >= 0.6 is 23.5 Å². The minimum atomic E-state index is 0.311. The van der Waals surface area contributed by atoms with E-state index < -0.39 is 0 Å². The quantitative estimate of drug-likeness (QED) is 0.903. The molecular formula is C11H12N4OS2. The fourth-order valence-corrected chi connectivity index (χ4v) is 4.28. The lowest BCUT2D eigenvalue weighted by atomic mass is 10.3. The molecule has 3 rings (SSSR count). The Morgan fingerprint density at radius 2 is 2.33 bits per heavy atom. The van der Waals surface area contributed by atoms with E-state index in [0.717, 1.165) is 17.3 Å². The summed E-state index contributed by atoms with van der Waals surface area (Å²) in [5.41, 5.74) is 6.95. The highest BCUT2D eigenvalue weighted by Gasteiger charge is 2.23. The normalized spacial score (nSPS) is 19.9. The third-order valence-electron chi connectivity index (χ3n) is 2.59. The first-order valence-corrected chi connectivity index (χ1v) is 7.79. The smallest absolute Gasteiger partial charge is 0.278 e. The molecule has 1 aliphatic heterocycles. The maximum Gasteiger partial charge on any atom is 0.278 e. The summed E-state index contributed by atoms with van der Waals surface area (Å²) in [6.45, 7) is 0. The molecule has 2 aromatic heterocycles.